The molecule has 0 radical (unpaired) electrons. The first-order chi connectivity index (χ1) is 13.2. The van der Waals surface area contributed by atoms with Crippen molar-refractivity contribution in [3.05, 3.63) is 59.4 Å². The van der Waals surface area contributed by atoms with Gasteiger partial charge in [0.25, 0.3) is 0 Å². The van der Waals surface area contributed by atoms with Crippen LogP contribution in [0.1, 0.15) is 49.6 Å². The molecule has 0 spiro atoms. The summed E-state index contributed by atoms with van der Waals surface area (Å²) in [7, 11) is 0. The van der Waals surface area contributed by atoms with Gasteiger partial charge in [-0.3, -0.25) is 9.78 Å². The Labute approximate surface area is 165 Å². The van der Waals surface area contributed by atoms with Crippen molar-refractivity contribution in [3.8, 4) is 0 Å². The summed E-state index contributed by atoms with van der Waals surface area (Å²) in [6.07, 6.45) is 10.2. The third-order valence-electron chi connectivity index (χ3n) is 4.62. The zero-order valence-electron chi connectivity index (χ0n) is 15.9. The number of carbonyl (C=O) groups excluding carboxylic acids is 1. The number of aryl methyl sites for hydroxylation is 2. The van der Waals surface area contributed by atoms with Gasteiger partial charge in [0.1, 0.15) is 0 Å². The van der Waals surface area contributed by atoms with E-state index in [0.29, 0.717) is 6.42 Å². The molecule has 2 heterocycles. The lowest BCUT2D eigenvalue weighted by Crippen LogP contribution is -2.32. The van der Waals surface area contributed by atoms with E-state index in [1.165, 1.54) is 15.3 Å². The molecular formula is C22H27N3OS. The first kappa shape index (κ1) is 19.5. The lowest BCUT2D eigenvalue weighted by molar-refractivity contribution is -0.121. The Bertz CT molecular complexity index is 814. The Kier molecular flexibility index (Phi) is 7.34. The van der Waals surface area contributed by atoms with Gasteiger partial charge in [-0.2, -0.15) is 0 Å². The summed E-state index contributed by atoms with van der Waals surface area (Å²) in [5.41, 5.74) is 2.33. The molecule has 1 unspecified atom stereocenters. The molecule has 3 rings (SSSR count). The number of nitrogens with one attached hydrogen (secondary N) is 1. The van der Waals surface area contributed by atoms with Crippen LogP contribution in [0.3, 0.4) is 0 Å². The highest BCUT2D eigenvalue weighted by molar-refractivity contribution is 7.18. The van der Waals surface area contributed by atoms with Crippen molar-refractivity contribution in [1.29, 1.82) is 0 Å². The Balaban J connectivity index is 1.28. The molecule has 27 heavy (non-hydrogen) atoms. The maximum Gasteiger partial charge on any atom is 0.220 e. The largest absolute Gasteiger partial charge is 0.354 e. The van der Waals surface area contributed by atoms with E-state index in [0.717, 1.165) is 44.0 Å². The standard InChI is InChI=1S/C22H27N3OS/c1-17(8-6-9-18-10-7-15-23-16-18)24-21(26)13-4-5-14-22-25-19-11-2-3-12-20(19)27-22/h2-3,7,10-12,15-17H,4-6,8-9,13-14H2,1H3,(H,24,26). The van der Waals surface area contributed by atoms with Crippen molar-refractivity contribution in [1.82, 2.24) is 15.3 Å². The second-order valence-electron chi connectivity index (χ2n) is 7.00. The minimum atomic E-state index is 0.160. The van der Waals surface area contributed by atoms with Gasteiger partial charge in [0.15, 0.2) is 0 Å². The van der Waals surface area contributed by atoms with Gasteiger partial charge in [-0.1, -0.05) is 18.2 Å². The van der Waals surface area contributed by atoms with Crippen LogP contribution in [0, 0.1) is 0 Å². The maximum atomic E-state index is 12.1. The lowest BCUT2D eigenvalue weighted by Gasteiger charge is -2.13. The SMILES string of the molecule is CC(CCCc1cccnc1)NC(=O)CCCCc1nc2ccccc2s1. The van der Waals surface area contributed by atoms with Crippen LogP contribution in [0.5, 0.6) is 0 Å². The fourth-order valence-electron chi connectivity index (χ4n) is 3.17. The fourth-order valence-corrected chi connectivity index (χ4v) is 4.18. The van der Waals surface area contributed by atoms with E-state index in [4.69, 9.17) is 0 Å². The molecule has 0 saturated heterocycles. The predicted octanol–water partition coefficient (Wildman–Crippen LogP) is 4.93. The van der Waals surface area contributed by atoms with Crippen LogP contribution in [0.2, 0.25) is 0 Å². The topological polar surface area (TPSA) is 54.9 Å². The quantitative estimate of drug-likeness (QED) is 0.507. The molecule has 5 heteroatoms. The van der Waals surface area contributed by atoms with Crippen molar-refractivity contribution < 1.29 is 4.79 Å². The number of unbranched alkanes of at least 4 members (excludes halogenated alkanes) is 1. The number of carbonyl (C=O) groups is 1. The summed E-state index contributed by atoms with van der Waals surface area (Å²) in [6, 6.07) is 12.5. The molecule has 1 amide bonds. The molecular weight excluding hydrogens is 354 g/mol. The van der Waals surface area contributed by atoms with Gasteiger partial charge < -0.3 is 5.32 Å². The van der Waals surface area contributed by atoms with Crippen molar-refractivity contribution in [3.63, 3.8) is 0 Å². The van der Waals surface area contributed by atoms with Gasteiger partial charge in [-0.05, 0) is 69.2 Å². The van der Waals surface area contributed by atoms with Crippen LogP contribution in [-0.2, 0) is 17.6 Å². The summed E-state index contributed by atoms with van der Waals surface area (Å²) in [4.78, 5) is 20.9. The summed E-state index contributed by atoms with van der Waals surface area (Å²) >= 11 is 1.76. The van der Waals surface area contributed by atoms with Crippen molar-refractivity contribution >= 4 is 27.5 Å². The number of amides is 1. The molecule has 0 fully saturated rings. The van der Waals surface area contributed by atoms with Gasteiger partial charge in [0.2, 0.25) is 5.91 Å². The Morgan fingerprint density at radius 3 is 2.81 bits per heavy atom. The molecule has 1 atom stereocenters. The molecule has 142 valence electrons. The summed E-state index contributed by atoms with van der Waals surface area (Å²) in [5, 5.41) is 4.29. The van der Waals surface area contributed by atoms with Gasteiger partial charge in [0.05, 0.1) is 15.2 Å². The molecule has 1 aromatic carbocycles. The first-order valence-electron chi connectivity index (χ1n) is 9.73. The molecule has 2 aromatic heterocycles. The van der Waals surface area contributed by atoms with Gasteiger partial charge in [0, 0.05) is 24.9 Å². The number of benzene rings is 1. The van der Waals surface area contributed by atoms with Crippen molar-refractivity contribution in [2.24, 2.45) is 0 Å². The summed E-state index contributed by atoms with van der Waals surface area (Å²) < 4.78 is 1.24. The molecule has 0 saturated carbocycles. The Morgan fingerprint density at radius 1 is 1.11 bits per heavy atom. The van der Waals surface area contributed by atoms with Crippen LogP contribution in [-0.4, -0.2) is 21.9 Å². The average Bonchev–Trinajstić information content (AvgIpc) is 3.09. The molecule has 1 N–H and O–H groups in total. The first-order valence-corrected chi connectivity index (χ1v) is 10.5. The van der Waals surface area contributed by atoms with Gasteiger partial charge in [-0.25, -0.2) is 4.98 Å². The lowest BCUT2D eigenvalue weighted by atomic mass is 10.1. The van der Waals surface area contributed by atoms with E-state index >= 15 is 0 Å². The van der Waals surface area contributed by atoms with Crippen molar-refractivity contribution in [2.45, 2.75) is 57.9 Å². The monoisotopic (exact) mass is 381 g/mol. The number of fused-ring (bicyclic) bond motifs is 1. The Hall–Kier alpha value is -2.27. The second kappa shape index (κ2) is 10.2. The molecule has 0 aliphatic heterocycles. The predicted molar refractivity (Wildman–Crippen MR) is 112 cm³/mol. The number of thiazole rings is 1. The second-order valence-corrected chi connectivity index (χ2v) is 8.12. The minimum absolute atomic E-state index is 0.160. The fraction of sp³-hybridized carbons (Fsp3) is 0.409. The van der Waals surface area contributed by atoms with Crippen LogP contribution >= 0.6 is 11.3 Å². The highest BCUT2D eigenvalue weighted by Gasteiger charge is 2.08. The number of hydrogen-bond acceptors (Lipinski definition) is 4. The van der Waals surface area contributed by atoms with E-state index in [9.17, 15) is 4.79 Å². The molecule has 0 aliphatic carbocycles. The van der Waals surface area contributed by atoms with E-state index in [-0.39, 0.29) is 11.9 Å². The van der Waals surface area contributed by atoms with E-state index in [1.54, 1.807) is 17.5 Å². The summed E-state index contributed by atoms with van der Waals surface area (Å²) in [6.45, 7) is 2.09. The maximum absolute atomic E-state index is 12.1. The molecule has 3 aromatic rings. The van der Waals surface area contributed by atoms with Gasteiger partial charge in [-0.15, -0.1) is 11.3 Å². The number of pyridine rings is 1. The normalized spacial score (nSPS) is 12.2. The minimum Gasteiger partial charge on any atom is -0.354 e. The highest BCUT2D eigenvalue weighted by atomic mass is 32.1. The summed E-state index contributed by atoms with van der Waals surface area (Å²) in [5.74, 6) is 0.160. The third-order valence-corrected chi connectivity index (χ3v) is 5.71. The number of rotatable bonds is 10. The van der Waals surface area contributed by atoms with Crippen LogP contribution in [0.25, 0.3) is 10.2 Å². The zero-order valence-corrected chi connectivity index (χ0v) is 16.7. The average molecular weight is 382 g/mol. The number of aromatic nitrogens is 2. The number of para-hydroxylation sites is 1. The van der Waals surface area contributed by atoms with Crippen LogP contribution in [0.4, 0.5) is 0 Å². The molecule has 0 bridgehead atoms. The van der Waals surface area contributed by atoms with E-state index < -0.39 is 0 Å². The zero-order chi connectivity index (χ0) is 18.9. The van der Waals surface area contributed by atoms with E-state index in [1.807, 2.05) is 24.4 Å². The Morgan fingerprint density at radius 2 is 2.00 bits per heavy atom. The highest BCUT2D eigenvalue weighted by Crippen LogP contribution is 2.22. The third kappa shape index (κ3) is 6.43. The van der Waals surface area contributed by atoms with Crippen LogP contribution in [0.15, 0.2) is 48.8 Å². The molecule has 0 aliphatic rings. The number of nitrogens with zero attached hydrogens (tertiary/aromatic N) is 2. The van der Waals surface area contributed by atoms with Crippen LogP contribution < -0.4 is 5.32 Å². The van der Waals surface area contributed by atoms with Gasteiger partial charge >= 0.3 is 0 Å². The van der Waals surface area contributed by atoms with E-state index in [2.05, 4.69) is 40.4 Å². The van der Waals surface area contributed by atoms with Crippen molar-refractivity contribution in [2.75, 3.05) is 0 Å². The number of hydrogen-bond donors (Lipinski definition) is 1. The molecule has 4 nitrogen and oxygen atoms in total. The smallest absolute Gasteiger partial charge is 0.220 e.